The van der Waals surface area contributed by atoms with Crippen molar-refractivity contribution in [3.63, 3.8) is 0 Å². The van der Waals surface area contributed by atoms with Gasteiger partial charge in [-0.1, -0.05) is 42.8 Å². The van der Waals surface area contributed by atoms with Gasteiger partial charge in [-0.25, -0.2) is 0 Å². The first kappa shape index (κ1) is 29.3. The van der Waals surface area contributed by atoms with Crippen LogP contribution in [0.15, 0.2) is 76.6 Å². The van der Waals surface area contributed by atoms with Crippen molar-refractivity contribution in [2.24, 2.45) is 0 Å². The fraction of sp³-hybridized carbons (Fsp3) is 0.423. The molecule has 4 aliphatic rings. The lowest BCUT2D eigenvalue weighted by atomic mass is 10.00. The molecule has 0 aromatic heterocycles. The molecule has 4 heterocycles. The number of allylic oxidation sites excluding steroid dienone is 3. The van der Waals surface area contributed by atoms with Crippen LogP contribution in [0.1, 0.15) is 31.2 Å². The maximum Gasteiger partial charge on any atom is 0.297 e. The second-order valence-corrected chi connectivity index (χ2v) is 10.8. The second kappa shape index (κ2) is 12.5. The summed E-state index contributed by atoms with van der Waals surface area (Å²) in [6.07, 6.45) is 12.2. The summed E-state index contributed by atoms with van der Waals surface area (Å²) < 4.78 is 34.7. The van der Waals surface area contributed by atoms with Gasteiger partial charge in [0.25, 0.3) is 16.0 Å². The minimum atomic E-state index is -4.61. The van der Waals surface area contributed by atoms with E-state index in [-0.39, 0.29) is 47.4 Å². The summed E-state index contributed by atoms with van der Waals surface area (Å²) in [5.41, 5.74) is 1.67. The van der Waals surface area contributed by atoms with Gasteiger partial charge in [-0.3, -0.25) is 14.2 Å². The first-order chi connectivity index (χ1) is 16.9. The highest BCUT2D eigenvalue weighted by Gasteiger charge is 2.41. The lowest BCUT2D eigenvalue weighted by Gasteiger charge is -2.36. The summed E-state index contributed by atoms with van der Waals surface area (Å²) in [4.78, 5) is 17.2. The van der Waals surface area contributed by atoms with Crippen LogP contribution in [-0.2, 0) is 21.3 Å². The van der Waals surface area contributed by atoms with Gasteiger partial charge in [-0.05, 0) is 62.6 Å². The Kier molecular flexibility index (Phi) is 9.88. The van der Waals surface area contributed by atoms with Crippen molar-refractivity contribution in [2.45, 2.75) is 44.2 Å². The maximum absolute atomic E-state index is 13.3. The largest absolute Gasteiger partial charge is 0.369 e. The van der Waals surface area contributed by atoms with Crippen LogP contribution in [0, 0.1) is 0 Å². The molecule has 3 N–H and O–H groups in total. The minimum absolute atomic E-state index is 0. The van der Waals surface area contributed by atoms with Crippen molar-refractivity contribution in [1.29, 1.82) is 0 Å². The molecule has 2 saturated heterocycles. The Morgan fingerprint density at radius 1 is 1.16 bits per heavy atom. The molecule has 0 saturated carbocycles. The number of hydrogen-bond acceptors (Lipinski definition) is 6. The quantitative estimate of drug-likeness (QED) is 0.414. The van der Waals surface area contributed by atoms with E-state index in [9.17, 15) is 17.8 Å². The number of hydrogen-bond donors (Lipinski definition) is 3. The Labute approximate surface area is 231 Å². The molecule has 0 radical (unpaired) electrons. The highest BCUT2D eigenvalue weighted by Crippen LogP contribution is 2.37. The molecule has 4 aliphatic heterocycles. The van der Waals surface area contributed by atoms with E-state index in [2.05, 4.69) is 39.8 Å². The molecule has 2 atom stereocenters. The molecular formula is C26H34Cl2N4O4S. The third-order valence-electron chi connectivity index (χ3n) is 7.19. The van der Waals surface area contributed by atoms with Crippen molar-refractivity contribution < 1.29 is 17.8 Å². The normalized spacial score (nSPS) is 22.7. The van der Waals surface area contributed by atoms with E-state index in [0.29, 0.717) is 18.8 Å². The van der Waals surface area contributed by atoms with Gasteiger partial charge in [-0.2, -0.15) is 8.42 Å². The van der Waals surface area contributed by atoms with Gasteiger partial charge in [0.2, 0.25) is 0 Å². The second-order valence-electron chi connectivity index (χ2n) is 9.48. The molecular weight excluding hydrogens is 535 g/mol. The van der Waals surface area contributed by atoms with Crippen LogP contribution >= 0.6 is 24.8 Å². The number of nitrogens with zero attached hydrogens (tertiary/aromatic N) is 2. The van der Waals surface area contributed by atoms with E-state index in [1.807, 2.05) is 17.0 Å². The Morgan fingerprint density at radius 3 is 2.70 bits per heavy atom. The number of benzene rings is 1. The summed E-state index contributed by atoms with van der Waals surface area (Å²) in [6.45, 7) is 2.97. The molecule has 202 valence electrons. The number of carbonyl (C=O) groups is 1. The predicted octanol–water partition coefficient (Wildman–Crippen LogP) is 3.16. The van der Waals surface area contributed by atoms with Gasteiger partial charge in [0, 0.05) is 19.1 Å². The zero-order valence-electron chi connectivity index (χ0n) is 20.5. The fourth-order valence-electron chi connectivity index (χ4n) is 5.52. The Morgan fingerprint density at radius 2 is 1.95 bits per heavy atom. The zero-order chi connectivity index (χ0) is 24.4. The average Bonchev–Trinajstić information content (AvgIpc) is 3.27. The Hall–Kier alpha value is -2.30. The van der Waals surface area contributed by atoms with Crippen LogP contribution in [-0.4, -0.2) is 66.9 Å². The number of nitrogens with one attached hydrogen (secondary N) is 2. The summed E-state index contributed by atoms with van der Waals surface area (Å²) in [6, 6.07) is 10.5. The Balaban J connectivity index is 0.00000190. The van der Waals surface area contributed by atoms with Crippen LogP contribution in [0.3, 0.4) is 0 Å². The lowest BCUT2D eigenvalue weighted by molar-refractivity contribution is -0.117. The molecule has 1 aromatic rings. The number of piperidine rings is 1. The van der Waals surface area contributed by atoms with Crippen molar-refractivity contribution in [1.82, 2.24) is 20.4 Å². The molecule has 5 rings (SSSR count). The topological polar surface area (TPSA) is 102 Å². The molecule has 0 spiro atoms. The van der Waals surface area contributed by atoms with Crippen LogP contribution < -0.4 is 10.6 Å². The van der Waals surface area contributed by atoms with Crippen molar-refractivity contribution in [3.8, 4) is 0 Å². The predicted molar refractivity (Wildman–Crippen MR) is 149 cm³/mol. The molecule has 1 amide bonds. The maximum atomic E-state index is 13.3. The minimum Gasteiger partial charge on any atom is -0.369 e. The summed E-state index contributed by atoms with van der Waals surface area (Å²) in [5.74, 6) is 0.300. The van der Waals surface area contributed by atoms with E-state index in [4.69, 9.17) is 0 Å². The van der Waals surface area contributed by atoms with Crippen molar-refractivity contribution in [2.75, 3.05) is 26.2 Å². The monoisotopic (exact) mass is 568 g/mol. The van der Waals surface area contributed by atoms with Gasteiger partial charge in [0.1, 0.15) is 10.7 Å². The summed E-state index contributed by atoms with van der Waals surface area (Å²) >= 11 is 0. The van der Waals surface area contributed by atoms with Crippen molar-refractivity contribution >= 4 is 40.8 Å². The highest BCUT2D eigenvalue weighted by atomic mass is 35.5. The van der Waals surface area contributed by atoms with E-state index in [1.165, 1.54) is 5.56 Å². The van der Waals surface area contributed by atoms with E-state index in [1.54, 1.807) is 18.2 Å². The van der Waals surface area contributed by atoms with Gasteiger partial charge in [0.15, 0.2) is 0 Å². The van der Waals surface area contributed by atoms with Gasteiger partial charge in [-0.15, -0.1) is 24.8 Å². The van der Waals surface area contributed by atoms with Crippen LogP contribution in [0.4, 0.5) is 0 Å². The standard InChI is InChI=1S/C26H32N4O4S.2ClH/c31-26(22-16-21-18-27-24-13-6-12-23(30(21)24)25(22)35(32,33)34)28-17-20-11-4-5-14-29(20)15-7-10-19-8-2-1-3-9-19;;/h1-3,6,8-9,12-13,16,20-21,27H,4-5,7,10-11,14-15,17-18H2,(H,28,31)(H,32,33,34);2*1H. The molecule has 1 aromatic carbocycles. The van der Waals surface area contributed by atoms with Gasteiger partial charge < -0.3 is 15.5 Å². The molecule has 11 heteroatoms. The van der Waals surface area contributed by atoms with Crippen LogP contribution in [0.2, 0.25) is 0 Å². The third kappa shape index (κ3) is 6.41. The van der Waals surface area contributed by atoms with Crippen LogP contribution in [0.25, 0.3) is 0 Å². The molecule has 8 nitrogen and oxygen atoms in total. The van der Waals surface area contributed by atoms with E-state index >= 15 is 0 Å². The smallest absolute Gasteiger partial charge is 0.297 e. The Bertz CT molecular complexity index is 1210. The number of carbonyl (C=O) groups excluding carboxylic acids is 1. The number of halogens is 2. The number of aryl methyl sites for hydroxylation is 1. The van der Waals surface area contributed by atoms with Crippen molar-refractivity contribution in [3.05, 3.63) is 82.2 Å². The SMILES string of the molecule is Cl.Cl.O=C(NCC1CCCCN1CCCc1ccccc1)C1=CC2CNC3=CC=CC(=C1S(=O)(=O)O)N32. The molecule has 2 unspecified atom stereocenters. The van der Waals surface area contributed by atoms with Gasteiger partial charge in [0.05, 0.1) is 17.3 Å². The first-order valence-corrected chi connectivity index (χ1v) is 13.8. The van der Waals surface area contributed by atoms with Crippen LogP contribution in [0.5, 0.6) is 0 Å². The first-order valence-electron chi connectivity index (χ1n) is 12.3. The molecule has 0 bridgehead atoms. The fourth-order valence-corrected chi connectivity index (χ4v) is 6.39. The van der Waals surface area contributed by atoms with E-state index in [0.717, 1.165) is 51.0 Å². The number of amides is 1. The number of rotatable bonds is 8. The highest BCUT2D eigenvalue weighted by molar-refractivity contribution is 7.90. The molecule has 2 fully saturated rings. The molecule has 37 heavy (non-hydrogen) atoms. The molecule has 0 aliphatic carbocycles. The number of likely N-dealkylation sites (tertiary alicyclic amines) is 1. The third-order valence-corrected chi connectivity index (χ3v) is 8.14. The lowest BCUT2D eigenvalue weighted by Crippen LogP contribution is -2.48. The average molecular weight is 570 g/mol. The zero-order valence-corrected chi connectivity index (χ0v) is 23.0. The van der Waals surface area contributed by atoms with E-state index < -0.39 is 16.0 Å². The summed E-state index contributed by atoms with van der Waals surface area (Å²) in [7, 11) is -4.61. The summed E-state index contributed by atoms with van der Waals surface area (Å²) in [5, 5.41) is 6.20. The van der Waals surface area contributed by atoms with Gasteiger partial charge >= 0.3 is 0 Å².